The Kier molecular flexibility index (Phi) is 4.35. The van der Waals surface area contributed by atoms with Gasteiger partial charge in [-0.25, -0.2) is 0 Å². The van der Waals surface area contributed by atoms with E-state index < -0.39 is 6.10 Å². The Morgan fingerprint density at radius 1 is 1.26 bits per heavy atom. The van der Waals surface area contributed by atoms with Gasteiger partial charge in [-0.15, -0.1) is 0 Å². The van der Waals surface area contributed by atoms with Crippen molar-refractivity contribution in [2.24, 2.45) is 0 Å². The molecular weight excluding hydrogens is 242 g/mol. The Hall–Kier alpha value is -2.09. The van der Waals surface area contributed by atoms with Gasteiger partial charge in [-0.2, -0.15) is 5.26 Å². The second-order valence-electron chi connectivity index (χ2n) is 4.01. The monoisotopic (exact) mass is 257 g/mol. The molecular formula is C15H15NO3. The number of fused-ring (bicyclic) bond motifs is 1. The molecule has 0 amide bonds. The summed E-state index contributed by atoms with van der Waals surface area (Å²) >= 11 is 0. The lowest BCUT2D eigenvalue weighted by atomic mass is 9.99. The molecule has 0 heterocycles. The standard InChI is InChI=1S/C15H15NO3/c1-18-13-7-6-11-4-2-3-5-12(11)15(13)14(10-16)19-9-8-17/h2-7,14,17H,8-9H2,1H3. The summed E-state index contributed by atoms with van der Waals surface area (Å²) in [6.07, 6.45) is -0.756. The Morgan fingerprint density at radius 2 is 2.05 bits per heavy atom. The molecule has 4 heteroatoms. The predicted octanol–water partition coefficient (Wildman–Crippen LogP) is 2.42. The minimum absolute atomic E-state index is 0.116. The fraction of sp³-hybridized carbons (Fsp3) is 0.267. The molecule has 0 spiro atoms. The highest BCUT2D eigenvalue weighted by Gasteiger charge is 2.19. The fourth-order valence-electron chi connectivity index (χ4n) is 2.08. The molecule has 1 atom stereocenters. The van der Waals surface area contributed by atoms with Gasteiger partial charge < -0.3 is 14.6 Å². The number of nitrogens with zero attached hydrogens (tertiary/aromatic N) is 1. The summed E-state index contributed by atoms with van der Waals surface area (Å²) in [5.41, 5.74) is 0.705. The van der Waals surface area contributed by atoms with Gasteiger partial charge in [-0.1, -0.05) is 30.3 Å². The summed E-state index contributed by atoms with van der Waals surface area (Å²) in [5.74, 6) is 0.614. The van der Waals surface area contributed by atoms with Crippen LogP contribution in [0, 0.1) is 11.3 Å². The molecule has 0 radical (unpaired) electrons. The van der Waals surface area contributed by atoms with E-state index in [2.05, 4.69) is 6.07 Å². The molecule has 0 fully saturated rings. The van der Waals surface area contributed by atoms with Crippen molar-refractivity contribution in [3.05, 3.63) is 42.0 Å². The first-order chi connectivity index (χ1) is 9.31. The lowest BCUT2D eigenvalue weighted by molar-refractivity contribution is 0.0576. The average molecular weight is 257 g/mol. The van der Waals surface area contributed by atoms with Gasteiger partial charge in [0.2, 0.25) is 0 Å². The summed E-state index contributed by atoms with van der Waals surface area (Å²) in [5, 5.41) is 20.0. The second kappa shape index (κ2) is 6.19. The lowest BCUT2D eigenvalue weighted by Crippen LogP contribution is -2.08. The maximum absolute atomic E-state index is 9.27. The van der Waals surface area contributed by atoms with Crippen molar-refractivity contribution < 1.29 is 14.6 Å². The number of hydrogen-bond donors (Lipinski definition) is 1. The number of aliphatic hydroxyl groups excluding tert-OH is 1. The van der Waals surface area contributed by atoms with Crippen LogP contribution in [0.15, 0.2) is 36.4 Å². The van der Waals surface area contributed by atoms with E-state index in [4.69, 9.17) is 14.6 Å². The van der Waals surface area contributed by atoms with Gasteiger partial charge in [-0.3, -0.25) is 0 Å². The quantitative estimate of drug-likeness (QED) is 0.893. The maximum Gasteiger partial charge on any atom is 0.173 e. The Balaban J connectivity index is 2.57. The van der Waals surface area contributed by atoms with Crippen molar-refractivity contribution in [2.75, 3.05) is 20.3 Å². The molecule has 2 aromatic carbocycles. The lowest BCUT2D eigenvalue weighted by Gasteiger charge is -2.16. The number of benzene rings is 2. The van der Waals surface area contributed by atoms with Crippen molar-refractivity contribution in [1.29, 1.82) is 5.26 Å². The first kappa shape index (κ1) is 13.3. The van der Waals surface area contributed by atoms with Crippen LogP contribution in [0.4, 0.5) is 0 Å². The minimum atomic E-state index is -0.756. The third kappa shape index (κ3) is 2.68. The van der Waals surface area contributed by atoms with E-state index in [0.29, 0.717) is 11.3 Å². The predicted molar refractivity (Wildman–Crippen MR) is 71.9 cm³/mol. The van der Waals surface area contributed by atoms with E-state index in [0.717, 1.165) is 10.8 Å². The topological polar surface area (TPSA) is 62.5 Å². The van der Waals surface area contributed by atoms with E-state index >= 15 is 0 Å². The zero-order valence-corrected chi connectivity index (χ0v) is 10.7. The van der Waals surface area contributed by atoms with Crippen LogP contribution in [0.3, 0.4) is 0 Å². The number of methoxy groups -OCH3 is 1. The van der Waals surface area contributed by atoms with Crippen LogP contribution in [-0.2, 0) is 4.74 Å². The highest BCUT2D eigenvalue weighted by Crippen LogP contribution is 2.34. The summed E-state index contributed by atoms with van der Waals surface area (Å²) in [4.78, 5) is 0. The average Bonchev–Trinajstić information content (AvgIpc) is 2.47. The zero-order valence-electron chi connectivity index (χ0n) is 10.7. The first-order valence-corrected chi connectivity index (χ1v) is 5.99. The summed E-state index contributed by atoms with van der Waals surface area (Å²) in [7, 11) is 1.56. The summed E-state index contributed by atoms with van der Waals surface area (Å²) in [6.45, 7) is -0.00410. The molecule has 98 valence electrons. The van der Waals surface area contributed by atoms with Crippen LogP contribution in [0.5, 0.6) is 5.75 Å². The van der Waals surface area contributed by atoms with E-state index in [9.17, 15) is 5.26 Å². The van der Waals surface area contributed by atoms with Crippen molar-refractivity contribution in [1.82, 2.24) is 0 Å². The van der Waals surface area contributed by atoms with E-state index in [1.165, 1.54) is 0 Å². The van der Waals surface area contributed by atoms with Gasteiger partial charge in [0, 0.05) is 5.56 Å². The first-order valence-electron chi connectivity index (χ1n) is 5.99. The Bertz CT molecular complexity index is 604. The third-order valence-electron chi connectivity index (χ3n) is 2.91. The molecule has 4 nitrogen and oxygen atoms in total. The van der Waals surface area contributed by atoms with Crippen LogP contribution in [-0.4, -0.2) is 25.4 Å². The van der Waals surface area contributed by atoms with E-state index in [1.54, 1.807) is 7.11 Å². The molecule has 1 unspecified atom stereocenters. The van der Waals surface area contributed by atoms with Crippen LogP contribution in [0.2, 0.25) is 0 Å². The number of hydrogen-bond acceptors (Lipinski definition) is 4. The minimum Gasteiger partial charge on any atom is -0.496 e. The molecule has 0 saturated carbocycles. The van der Waals surface area contributed by atoms with Crippen LogP contribution >= 0.6 is 0 Å². The third-order valence-corrected chi connectivity index (χ3v) is 2.91. The highest BCUT2D eigenvalue weighted by molar-refractivity contribution is 5.88. The maximum atomic E-state index is 9.27. The van der Waals surface area contributed by atoms with Crippen molar-refractivity contribution in [3.8, 4) is 11.8 Å². The van der Waals surface area contributed by atoms with Crippen LogP contribution < -0.4 is 4.74 Å². The second-order valence-corrected chi connectivity index (χ2v) is 4.01. The van der Waals surface area contributed by atoms with E-state index in [-0.39, 0.29) is 13.2 Å². The van der Waals surface area contributed by atoms with Crippen LogP contribution in [0.1, 0.15) is 11.7 Å². The molecule has 0 saturated heterocycles. The summed E-state index contributed by atoms with van der Waals surface area (Å²) < 4.78 is 10.7. The molecule has 0 bridgehead atoms. The fourth-order valence-corrected chi connectivity index (χ4v) is 2.08. The molecule has 2 aromatic rings. The highest BCUT2D eigenvalue weighted by atomic mass is 16.5. The molecule has 19 heavy (non-hydrogen) atoms. The normalized spacial score (nSPS) is 12.1. The molecule has 0 aromatic heterocycles. The molecule has 2 rings (SSSR count). The van der Waals surface area contributed by atoms with Crippen molar-refractivity contribution >= 4 is 10.8 Å². The number of ether oxygens (including phenoxy) is 2. The van der Waals surface area contributed by atoms with Gasteiger partial charge in [-0.05, 0) is 16.8 Å². The van der Waals surface area contributed by atoms with Gasteiger partial charge >= 0.3 is 0 Å². The van der Waals surface area contributed by atoms with E-state index in [1.807, 2.05) is 36.4 Å². The number of nitriles is 1. The number of aliphatic hydroxyl groups is 1. The van der Waals surface area contributed by atoms with Crippen molar-refractivity contribution in [3.63, 3.8) is 0 Å². The van der Waals surface area contributed by atoms with Gasteiger partial charge in [0.1, 0.15) is 5.75 Å². The Labute approximate surface area is 111 Å². The molecule has 0 aliphatic carbocycles. The molecule has 0 aliphatic heterocycles. The SMILES string of the molecule is COc1ccc2ccccc2c1C(C#N)OCCO. The molecule has 1 N–H and O–H groups in total. The van der Waals surface area contributed by atoms with Crippen LogP contribution in [0.25, 0.3) is 10.8 Å². The molecule has 0 aliphatic rings. The zero-order chi connectivity index (χ0) is 13.7. The smallest absolute Gasteiger partial charge is 0.173 e. The van der Waals surface area contributed by atoms with Gasteiger partial charge in [0.05, 0.1) is 26.4 Å². The largest absolute Gasteiger partial charge is 0.496 e. The van der Waals surface area contributed by atoms with Gasteiger partial charge in [0.25, 0.3) is 0 Å². The van der Waals surface area contributed by atoms with Crippen molar-refractivity contribution in [2.45, 2.75) is 6.10 Å². The number of rotatable bonds is 5. The Morgan fingerprint density at radius 3 is 2.74 bits per heavy atom. The summed E-state index contributed by atoms with van der Waals surface area (Å²) in [6, 6.07) is 13.6. The van der Waals surface area contributed by atoms with Gasteiger partial charge in [0.15, 0.2) is 6.10 Å².